The first-order valence-corrected chi connectivity index (χ1v) is 9.90. The molecule has 3 aromatic rings. The zero-order valence-electron chi connectivity index (χ0n) is 14.8. The number of furan rings is 1. The van der Waals surface area contributed by atoms with Crippen molar-refractivity contribution in [2.45, 2.75) is 25.4 Å². The summed E-state index contributed by atoms with van der Waals surface area (Å²) >= 11 is 1.63. The number of carbonyl (C=O) groups is 1. The van der Waals surface area contributed by atoms with Crippen molar-refractivity contribution in [3.63, 3.8) is 0 Å². The number of aliphatic hydroxyl groups is 1. The number of amides is 1. The van der Waals surface area contributed by atoms with Crippen LogP contribution in [0.2, 0.25) is 0 Å². The van der Waals surface area contributed by atoms with Gasteiger partial charge in [0.1, 0.15) is 11.5 Å². The molecule has 0 aromatic carbocycles. The molecule has 1 amide bonds. The lowest BCUT2D eigenvalue weighted by Gasteiger charge is -2.15. The maximum absolute atomic E-state index is 12.5. The minimum atomic E-state index is -0.523. The Kier molecular flexibility index (Phi) is 5.31. The highest BCUT2D eigenvalue weighted by Crippen LogP contribution is 2.27. The Morgan fingerprint density at radius 3 is 3.00 bits per heavy atom. The van der Waals surface area contributed by atoms with Crippen LogP contribution in [-0.4, -0.2) is 45.1 Å². The van der Waals surface area contributed by atoms with E-state index < -0.39 is 6.10 Å². The average molecular weight is 383 g/mol. The standard InChI is InChI=1S/C20H21N3O3S/c24-17-13-23(12-14(17)10-15-11-21-7-8-22-15)20(25)6-4-16-3-5-18(26-16)19-2-1-9-27-19/h1-3,5,7-9,11,14,17,24H,4,6,10,12-13H2/t14-,17-/m1/s1. The van der Waals surface area contributed by atoms with Gasteiger partial charge in [-0.3, -0.25) is 14.8 Å². The number of rotatable bonds is 6. The van der Waals surface area contributed by atoms with Gasteiger partial charge in [0.25, 0.3) is 0 Å². The van der Waals surface area contributed by atoms with E-state index in [1.807, 2.05) is 29.6 Å². The van der Waals surface area contributed by atoms with Crippen LogP contribution in [0.15, 0.2) is 52.7 Å². The molecule has 4 heterocycles. The zero-order valence-corrected chi connectivity index (χ0v) is 15.6. The summed E-state index contributed by atoms with van der Waals surface area (Å²) < 4.78 is 5.84. The fourth-order valence-corrected chi connectivity index (χ4v) is 4.10. The molecule has 0 saturated carbocycles. The average Bonchev–Trinajstić information content (AvgIpc) is 3.42. The van der Waals surface area contributed by atoms with E-state index in [0.29, 0.717) is 32.4 Å². The second kappa shape index (κ2) is 8.02. The van der Waals surface area contributed by atoms with Crippen molar-refractivity contribution in [1.29, 1.82) is 0 Å². The predicted molar refractivity (Wildman–Crippen MR) is 102 cm³/mol. The highest BCUT2D eigenvalue weighted by molar-refractivity contribution is 7.13. The van der Waals surface area contributed by atoms with Crippen molar-refractivity contribution in [2.24, 2.45) is 5.92 Å². The molecule has 1 fully saturated rings. The third kappa shape index (κ3) is 4.26. The normalized spacial score (nSPS) is 19.5. The summed E-state index contributed by atoms with van der Waals surface area (Å²) in [6.07, 6.45) is 6.02. The molecule has 6 nitrogen and oxygen atoms in total. The summed E-state index contributed by atoms with van der Waals surface area (Å²) in [5, 5.41) is 12.3. The van der Waals surface area contributed by atoms with Crippen LogP contribution in [0.4, 0.5) is 0 Å². The van der Waals surface area contributed by atoms with Crippen LogP contribution >= 0.6 is 11.3 Å². The number of hydrogen-bond acceptors (Lipinski definition) is 6. The van der Waals surface area contributed by atoms with Crippen molar-refractivity contribution >= 4 is 17.2 Å². The van der Waals surface area contributed by atoms with Gasteiger partial charge in [-0.05, 0) is 30.0 Å². The van der Waals surface area contributed by atoms with Gasteiger partial charge < -0.3 is 14.4 Å². The van der Waals surface area contributed by atoms with Crippen LogP contribution in [0.5, 0.6) is 0 Å². The molecule has 1 aliphatic heterocycles. The summed E-state index contributed by atoms with van der Waals surface area (Å²) in [6.45, 7) is 0.928. The number of nitrogens with zero attached hydrogens (tertiary/aromatic N) is 3. The maximum atomic E-state index is 12.5. The molecule has 1 aliphatic rings. The third-order valence-electron chi connectivity index (χ3n) is 4.86. The molecule has 0 bridgehead atoms. The van der Waals surface area contributed by atoms with Crippen LogP contribution in [0.25, 0.3) is 10.6 Å². The molecule has 27 heavy (non-hydrogen) atoms. The largest absolute Gasteiger partial charge is 0.460 e. The second-order valence-electron chi connectivity index (χ2n) is 6.77. The summed E-state index contributed by atoms with van der Waals surface area (Å²) in [6, 6.07) is 7.88. The van der Waals surface area contributed by atoms with Gasteiger partial charge in [0, 0.05) is 50.4 Å². The first-order valence-electron chi connectivity index (χ1n) is 9.02. The molecular weight excluding hydrogens is 362 g/mol. The van der Waals surface area contributed by atoms with E-state index in [1.54, 1.807) is 34.8 Å². The molecule has 3 aromatic heterocycles. The SMILES string of the molecule is O=C(CCc1ccc(-c2cccs2)o1)N1C[C@@H](Cc2cnccn2)[C@H](O)C1. The van der Waals surface area contributed by atoms with E-state index in [4.69, 9.17) is 4.42 Å². The van der Waals surface area contributed by atoms with Gasteiger partial charge in [-0.1, -0.05) is 6.07 Å². The van der Waals surface area contributed by atoms with Crippen molar-refractivity contribution in [3.05, 3.63) is 59.7 Å². The number of hydrogen-bond donors (Lipinski definition) is 1. The van der Waals surface area contributed by atoms with Gasteiger partial charge in [-0.15, -0.1) is 11.3 Å². The van der Waals surface area contributed by atoms with E-state index in [0.717, 1.165) is 22.1 Å². The molecule has 0 unspecified atom stereocenters. The molecule has 2 atom stereocenters. The summed E-state index contributed by atoms with van der Waals surface area (Å²) in [4.78, 5) is 23.7. The Morgan fingerprint density at radius 1 is 1.30 bits per heavy atom. The lowest BCUT2D eigenvalue weighted by Crippen LogP contribution is -2.29. The van der Waals surface area contributed by atoms with Crippen LogP contribution in [-0.2, 0) is 17.6 Å². The van der Waals surface area contributed by atoms with Gasteiger partial charge in [0.2, 0.25) is 5.91 Å². The fourth-order valence-electron chi connectivity index (χ4n) is 3.41. The number of carbonyl (C=O) groups excluding carboxylic acids is 1. The summed E-state index contributed by atoms with van der Waals surface area (Å²) in [5.74, 6) is 1.69. The van der Waals surface area contributed by atoms with E-state index in [9.17, 15) is 9.90 Å². The minimum absolute atomic E-state index is 0.000283. The van der Waals surface area contributed by atoms with E-state index >= 15 is 0 Å². The summed E-state index contributed by atoms with van der Waals surface area (Å²) in [7, 11) is 0. The van der Waals surface area contributed by atoms with Crippen LogP contribution < -0.4 is 0 Å². The lowest BCUT2D eigenvalue weighted by atomic mass is 10.0. The van der Waals surface area contributed by atoms with Crippen molar-refractivity contribution in [3.8, 4) is 10.6 Å². The van der Waals surface area contributed by atoms with E-state index in [-0.39, 0.29) is 11.8 Å². The molecule has 0 radical (unpaired) electrons. The zero-order chi connectivity index (χ0) is 18.6. The minimum Gasteiger partial charge on any atom is -0.460 e. The maximum Gasteiger partial charge on any atom is 0.223 e. The lowest BCUT2D eigenvalue weighted by molar-refractivity contribution is -0.130. The highest BCUT2D eigenvalue weighted by atomic mass is 32.1. The van der Waals surface area contributed by atoms with Crippen LogP contribution in [0.1, 0.15) is 17.9 Å². The number of aryl methyl sites for hydroxylation is 1. The Morgan fingerprint density at radius 2 is 2.22 bits per heavy atom. The molecule has 0 aliphatic carbocycles. The Labute approximate surface area is 161 Å². The van der Waals surface area contributed by atoms with E-state index in [1.165, 1.54) is 0 Å². The highest BCUT2D eigenvalue weighted by Gasteiger charge is 2.34. The van der Waals surface area contributed by atoms with Gasteiger partial charge in [-0.2, -0.15) is 0 Å². The third-order valence-corrected chi connectivity index (χ3v) is 5.74. The van der Waals surface area contributed by atoms with Crippen molar-refractivity contribution in [1.82, 2.24) is 14.9 Å². The molecular formula is C20H21N3O3S. The van der Waals surface area contributed by atoms with Gasteiger partial charge in [-0.25, -0.2) is 0 Å². The molecule has 1 saturated heterocycles. The van der Waals surface area contributed by atoms with Gasteiger partial charge >= 0.3 is 0 Å². The van der Waals surface area contributed by atoms with Crippen LogP contribution in [0, 0.1) is 5.92 Å². The van der Waals surface area contributed by atoms with Crippen molar-refractivity contribution < 1.29 is 14.3 Å². The van der Waals surface area contributed by atoms with E-state index in [2.05, 4.69) is 9.97 Å². The first kappa shape index (κ1) is 17.9. The van der Waals surface area contributed by atoms with Crippen LogP contribution in [0.3, 0.4) is 0 Å². The molecule has 7 heteroatoms. The fraction of sp³-hybridized carbons (Fsp3) is 0.350. The topological polar surface area (TPSA) is 79.5 Å². The van der Waals surface area contributed by atoms with Gasteiger partial charge in [0.05, 0.1) is 16.7 Å². The van der Waals surface area contributed by atoms with Crippen molar-refractivity contribution in [2.75, 3.05) is 13.1 Å². The molecule has 140 valence electrons. The molecule has 4 rings (SSSR count). The second-order valence-corrected chi connectivity index (χ2v) is 7.72. The Hall–Kier alpha value is -2.51. The summed E-state index contributed by atoms with van der Waals surface area (Å²) in [5.41, 5.74) is 0.840. The number of β-amino-alcohol motifs (C(OH)–C–C–N with tert-alkyl or cyclic N) is 1. The Balaban J connectivity index is 1.30. The number of aromatic nitrogens is 2. The Bertz CT molecular complexity index is 879. The predicted octanol–water partition coefficient (Wildman–Crippen LogP) is 2.79. The number of likely N-dealkylation sites (tertiary alicyclic amines) is 1. The number of aliphatic hydroxyl groups excluding tert-OH is 1. The quantitative estimate of drug-likeness (QED) is 0.708. The molecule has 1 N–H and O–H groups in total. The smallest absolute Gasteiger partial charge is 0.223 e. The number of thiophene rings is 1. The molecule has 0 spiro atoms. The van der Waals surface area contributed by atoms with Gasteiger partial charge in [0.15, 0.2) is 0 Å². The monoisotopic (exact) mass is 383 g/mol. The first-order chi connectivity index (χ1) is 13.2.